The van der Waals surface area contributed by atoms with Gasteiger partial charge in [0.25, 0.3) is 0 Å². The predicted molar refractivity (Wildman–Crippen MR) is 107 cm³/mol. The molecule has 1 aromatic rings. The van der Waals surface area contributed by atoms with E-state index in [1.54, 1.807) is 7.11 Å². The van der Waals surface area contributed by atoms with Gasteiger partial charge >= 0.3 is 0 Å². The second-order valence-corrected chi connectivity index (χ2v) is 7.60. The van der Waals surface area contributed by atoms with E-state index < -0.39 is 0 Å². The number of hydrogen-bond donors (Lipinski definition) is 1. The van der Waals surface area contributed by atoms with E-state index in [4.69, 9.17) is 4.74 Å². The summed E-state index contributed by atoms with van der Waals surface area (Å²) in [6, 6.07) is 8.80. The van der Waals surface area contributed by atoms with Crippen LogP contribution in [0.3, 0.4) is 0 Å². The Bertz CT molecular complexity index is 592. The Labute approximate surface area is 163 Å². The number of carbonyl (C=O) groups excluding carboxylic acids is 1. The fourth-order valence-corrected chi connectivity index (χ4v) is 3.68. The third kappa shape index (κ3) is 5.12. The molecule has 1 unspecified atom stereocenters. The smallest absolute Gasteiger partial charge is 0.237 e. The minimum absolute atomic E-state index is 0. The largest absolute Gasteiger partial charge is 0.496 e. The molecule has 5 nitrogen and oxygen atoms in total. The molecule has 1 aliphatic heterocycles. The highest BCUT2D eigenvalue weighted by molar-refractivity contribution is 5.85. The molecule has 0 aromatic heterocycles. The van der Waals surface area contributed by atoms with Gasteiger partial charge in [-0.3, -0.25) is 9.69 Å². The fraction of sp³-hybridized carbons (Fsp3) is 0.650. The molecule has 0 bridgehead atoms. The second kappa shape index (κ2) is 9.58. The van der Waals surface area contributed by atoms with Gasteiger partial charge in [0.05, 0.1) is 19.7 Å². The number of ether oxygens (including phenoxy) is 1. The molecule has 3 rings (SSSR count). The Morgan fingerprint density at radius 3 is 2.73 bits per heavy atom. The Hall–Kier alpha value is -1.30. The Balaban J connectivity index is 0.00000243. The first-order valence-corrected chi connectivity index (χ1v) is 9.47. The minimum atomic E-state index is 0. The number of para-hydroxylation sites is 1. The predicted octanol–water partition coefficient (Wildman–Crippen LogP) is 2.71. The first-order chi connectivity index (χ1) is 12.1. The highest BCUT2D eigenvalue weighted by Crippen LogP contribution is 2.31. The van der Waals surface area contributed by atoms with E-state index in [2.05, 4.69) is 35.0 Å². The van der Waals surface area contributed by atoms with Crippen LogP contribution in [0.1, 0.15) is 38.3 Å². The molecule has 1 amide bonds. The first kappa shape index (κ1) is 21.0. The van der Waals surface area contributed by atoms with Crippen molar-refractivity contribution in [3.63, 3.8) is 0 Å². The number of nitrogens with zero attached hydrogens (tertiary/aromatic N) is 2. The van der Waals surface area contributed by atoms with Gasteiger partial charge in [-0.15, -0.1) is 12.4 Å². The minimum Gasteiger partial charge on any atom is -0.496 e. The van der Waals surface area contributed by atoms with E-state index in [1.807, 2.05) is 18.2 Å². The molecule has 0 radical (unpaired) electrons. The van der Waals surface area contributed by atoms with Gasteiger partial charge in [0.2, 0.25) is 5.91 Å². The van der Waals surface area contributed by atoms with Crippen LogP contribution in [0, 0.1) is 5.92 Å². The van der Waals surface area contributed by atoms with Crippen LogP contribution in [0.2, 0.25) is 0 Å². The number of piperazine rings is 1. The number of methoxy groups -OCH3 is 1. The number of benzene rings is 1. The zero-order valence-corrected chi connectivity index (χ0v) is 16.9. The molecule has 2 aliphatic rings. The fourth-order valence-electron chi connectivity index (χ4n) is 3.68. The highest BCUT2D eigenvalue weighted by atomic mass is 35.5. The Morgan fingerprint density at radius 1 is 1.35 bits per heavy atom. The van der Waals surface area contributed by atoms with Crippen molar-refractivity contribution in [3.8, 4) is 5.75 Å². The number of carbonyl (C=O) groups is 1. The molecule has 146 valence electrons. The quantitative estimate of drug-likeness (QED) is 0.788. The standard InChI is InChI=1S/C20H31N3O2.ClH/c1-15(2)13-23(16-8-9-16)20(24)14-22-11-10-21-12-18(22)17-6-4-5-7-19(17)25-3;/h4-7,15-16,18,21H,8-14H2,1-3H3;1H. The summed E-state index contributed by atoms with van der Waals surface area (Å²) in [5, 5.41) is 3.46. The summed E-state index contributed by atoms with van der Waals surface area (Å²) in [6.45, 7) is 8.39. The lowest BCUT2D eigenvalue weighted by Gasteiger charge is -2.38. The highest BCUT2D eigenvalue weighted by Gasteiger charge is 2.35. The van der Waals surface area contributed by atoms with Crippen LogP contribution in [-0.2, 0) is 4.79 Å². The normalized spacial score (nSPS) is 20.5. The van der Waals surface area contributed by atoms with Crippen LogP contribution in [0.25, 0.3) is 0 Å². The topological polar surface area (TPSA) is 44.8 Å². The van der Waals surface area contributed by atoms with Crippen molar-refractivity contribution < 1.29 is 9.53 Å². The molecule has 0 spiro atoms. The maximum atomic E-state index is 13.0. The molecule has 1 aliphatic carbocycles. The van der Waals surface area contributed by atoms with Crippen molar-refractivity contribution in [2.75, 3.05) is 39.8 Å². The lowest BCUT2D eigenvalue weighted by atomic mass is 10.0. The van der Waals surface area contributed by atoms with Crippen molar-refractivity contribution in [1.82, 2.24) is 15.1 Å². The van der Waals surface area contributed by atoms with Crippen LogP contribution in [-0.4, -0.2) is 61.6 Å². The maximum absolute atomic E-state index is 13.0. The summed E-state index contributed by atoms with van der Waals surface area (Å²) in [5.74, 6) is 1.69. The molecular formula is C20H32ClN3O2. The van der Waals surface area contributed by atoms with Crippen LogP contribution >= 0.6 is 12.4 Å². The first-order valence-electron chi connectivity index (χ1n) is 9.47. The third-order valence-electron chi connectivity index (χ3n) is 5.06. The lowest BCUT2D eigenvalue weighted by molar-refractivity contribution is -0.134. The van der Waals surface area contributed by atoms with Gasteiger partial charge < -0.3 is 15.0 Å². The van der Waals surface area contributed by atoms with Gasteiger partial charge in [0, 0.05) is 37.8 Å². The molecule has 1 heterocycles. The van der Waals surface area contributed by atoms with Crippen LogP contribution in [0.4, 0.5) is 0 Å². The molecule has 1 atom stereocenters. The van der Waals surface area contributed by atoms with Crippen LogP contribution in [0.5, 0.6) is 5.75 Å². The van der Waals surface area contributed by atoms with E-state index in [9.17, 15) is 4.79 Å². The molecule has 1 N–H and O–H groups in total. The van der Waals surface area contributed by atoms with Crippen LogP contribution < -0.4 is 10.1 Å². The van der Waals surface area contributed by atoms with E-state index in [1.165, 1.54) is 0 Å². The summed E-state index contributed by atoms with van der Waals surface area (Å²) < 4.78 is 5.55. The van der Waals surface area contributed by atoms with Gasteiger partial charge in [-0.05, 0) is 24.8 Å². The Morgan fingerprint density at radius 2 is 2.08 bits per heavy atom. The number of amides is 1. The molecule has 1 saturated heterocycles. The van der Waals surface area contributed by atoms with E-state index in [0.717, 1.165) is 50.3 Å². The lowest BCUT2D eigenvalue weighted by Crippen LogP contribution is -2.51. The molecule has 1 saturated carbocycles. The number of hydrogen-bond acceptors (Lipinski definition) is 4. The van der Waals surface area contributed by atoms with Crippen LogP contribution in [0.15, 0.2) is 24.3 Å². The van der Waals surface area contributed by atoms with E-state index in [-0.39, 0.29) is 24.4 Å². The van der Waals surface area contributed by atoms with Gasteiger partial charge in [0.15, 0.2) is 0 Å². The number of rotatable bonds is 7. The maximum Gasteiger partial charge on any atom is 0.237 e. The summed E-state index contributed by atoms with van der Waals surface area (Å²) in [4.78, 5) is 17.4. The molecule has 26 heavy (non-hydrogen) atoms. The molecule has 2 fully saturated rings. The number of nitrogens with one attached hydrogen (secondary N) is 1. The summed E-state index contributed by atoms with van der Waals surface area (Å²) in [5.41, 5.74) is 1.16. The second-order valence-electron chi connectivity index (χ2n) is 7.60. The zero-order chi connectivity index (χ0) is 17.8. The van der Waals surface area contributed by atoms with Crippen molar-refractivity contribution in [2.45, 2.75) is 38.8 Å². The van der Waals surface area contributed by atoms with Gasteiger partial charge in [0.1, 0.15) is 5.75 Å². The third-order valence-corrected chi connectivity index (χ3v) is 5.06. The summed E-state index contributed by atoms with van der Waals surface area (Å²) >= 11 is 0. The van der Waals surface area contributed by atoms with Crippen molar-refractivity contribution >= 4 is 18.3 Å². The van der Waals surface area contributed by atoms with Crippen molar-refractivity contribution in [3.05, 3.63) is 29.8 Å². The SMILES string of the molecule is COc1ccccc1C1CNCCN1CC(=O)N(CC(C)C)C1CC1.Cl. The summed E-state index contributed by atoms with van der Waals surface area (Å²) in [6.07, 6.45) is 2.33. The monoisotopic (exact) mass is 381 g/mol. The van der Waals surface area contributed by atoms with Gasteiger partial charge in [-0.1, -0.05) is 32.0 Å². The number of halogens is 1. The molecule has 6 heteroatoms. The molecular weight excluding hydrogens is 350 g/mol. The average Bonchev–Trinajstić information content (AvgIpc) is 3.45. The zero-order valence-electron chi connectivity index (χ0n) is 16.1. The van der Waals surface area contributed by atoms with E-state index >= 15 is 0 Å². The van der Waals surface area contributed by atoms with Gasteiger partial charge in [-0.25, -0.2) is 0 Å². The van der Waals surface area contributed by atoms with Crippen molar-refractivity contribution in [2.24, 2.45) is 5.92 Å². The van der Waals surface area contributed by atoms with Gasteiger partial charge in [-0.2, -0.15) is 0 Å². The van der Waals surface area contributed by atoms with Crippen molar-refractivity contribution in [1.29, 1.82) is 0 Å². The average molecular weight is 382 g/mol. The summed E-state index contributed by atoms with van der Waals surface area (Å²) in [7, 11) is 1.71. The Kier molecular flexibility index (Phi) is 7.74. The molecule has 1 aromatic carbocycles. The van der Waals surface area contributed by atoms with E-state index in [0.29, 0.717) is 18.5 Å².